The fraction of sp³-hybridized carbons (Fsp3) is 0.500. The van der Waals surface area contributed by atoms with Crippen LogP contribution >= 0.6 is 0 Å². The number of likely N-dealkylation sites (tertiary alicyclic amines) is 1. The van der Waals surface area contributed by atoms with Crippen molar-refractivity contribution in [2.24, 2.45) is 0 Å². The number of carbonyl (C=O) groups excluding carboxylic acids is 3. The molecule has 0 radical (unpaired) electrons. The zero-order chi connectivity index (χ0) is 34.5. The van der Waals surface area contributed by atoms with E-state index in [0.29, 0.717) is 5.56 Å². The number of nitrogens with one attached hydrogen (secondary N) is 1. The zero-order valence-corrected chi connectivity index (χ0v) is 26.9. The molecule has 12 nitrogen and oxygen atoms in total. The normalized spacial score (nSPS) is 18.8. The van der Waals surface area contributed by atoms with E-state index in [-0.39, 0.29) is 19.5 Å². The minimum absolute atomic E-state index is 0.0870. The van der Waals surface area contributed by atoms with Gasteiger partial charge in [-0.3, -0.25) is 4.90 Å². The maximum Gasteiger partial charge on any atom is 0.534 e. The van der Waals surface area contributed by atoms with Gasteiger partial charge in [-0.25, -0.2) is 14.4 Å². The number of halogens is 3. The van der Waals surface area contributed by atoms with Gasteiger partial charge >= 0.3 is 34.0 Å². The van der Waals surface area contributed by atoms with Crippen LogP contribution in [0.4, 0.5) is 27.6 Å². The first kappa shape index (κ1) is 36.3. The van der Waals surface area contributed by atoms with Crippen LogP contribution in [0.2, 0.25) is 0 Å². The smallest absolute Gasteiger partial charge is 0.444 e. The molecule has 1 heterocycles. The van der Waals surface area contributed by atoms with Crippen LogP contribution in [0.25, 0.3) is 0 Å². The largest absolute Gasteiger partial charge is 0.534 e. The Hall–Kier alpha value is -4.21. The Morgan fingerprint density at radius 3 is 1.98 bits per heavy atom. The van der Waals surface area contributed by atoms with E-state index in [1.165, 1.54) is 17.0 Å². The first-order chi connectivity index (χ1) is 21.1. The van der Waals surface area contributed by atoms with Gasteiger partial charge in [0, 0.05) is 6.54 Å². The van der Waals surface area contributed by atoms with E-state index in [0.717, 1.165) is 17.7 Å². The van der Waals surface area contributed by atoms with Gasteiger partial charge < -0.3 is 28.4 Å². The Labute approximate surface area is 265 Å². The second kappa shape index (κ2) is 14.1. The summed E-state index contributed by atoms with van der Waals surface area (Å²) >= 11 is 0. The summed E-state index contributed by atoms with van der Waals surface area (Å²) in [4.78, 5) is 40.2. The standard InChI is InChI=1S/C30H37F3N2O10S/c1-28(2,3)43-26(37)35-18-23(41-27(38)44-29(4,5)6)24(42-25(36)34-17-20-10-8-7-9-11-20)22(35)16-19-12-14-21(15-13-19)45-46(39,40)30(31,32)33/h7-15,22-24H,16-18H2,1-6H3,(H,34,36)/t22-,23+,24+/m1/s1. The minimum Gasteiger partial charge on any atom is -0.444 e. The summed E-state index contributed by atoms with van der Waals surface area (Å²) in [6, 6.07) is 12.5. The Kier molecular flexibility index (Phi) is 11.1. The van der Waals surface area contributed by atoms with E-state index < -0.39 is 69.2 Å². The number of benzene rings is 2. The summed E-state index contributed by atoms with van der Waals surface area (Å²) in [6.07, 6.45) is -5.35. The maximum absolute atomic E-state index is 13.4. The monoisotopic (exact) mass is 674 g/mol. The second-order valence-electron chi connectivity index (χ2n) is 12.4. The molecule has 0 saturated carbocycles. The van der Waals surface area contributed by atoms with Gasteiger partial charge in [0.05, 0.1) is 12.6 Å². The van der Waals surface area contributed by atoms with Crippen molar-refractivity contribution >= 4 is 28.5 Å². The first-order valence-corrected chi connectivity index (χ1v) is 15.5. The van der Waals surface area contributed by atoms with Gasteiger partial charge in [-0.15, -0.1) is 0 Å². The molecular weight excluding hydrogens is 637 g/mol. The van der Waals surface area contributed by atoms with E-state index in [9.17, 15) is 36.0 Å². The third kappa shape index (κ3) is 10.7. The van der Waals surface area contributed by atoms with E-state index >= 15 is 0 Å². The summed E-state index contributed by atoms with van der Waals surface area (Å²) in [5, 5.41) is 2.61. The lowest BCUT2D eigenvalue weighted by molar-refractivity contribution is -0.0519. The Morgan fingerprint density at radius 2 is 1.43 bits per heavy atom. The predicted octanol–water partition coefficient (Wildman–Crippen LogP) is 5.69. The van der Waals surface area contributed by atoms with E-state index in [1.54, 1.807) is 65.8 Å². The van der Waals surface area contributed by atoms with Crippen molar-refractivity contribution in [3.05, 3.63) is 65.7 Å². The van der Waals surface area contributed by atoms with Gasteiger partial charge in [0.15, 0.2) is 12.2 Å². The number of alkyl carbamates (subject to hydrolysis) is 1. The fourth-order valence-electron chi connectivity index (χ4n) is 4.30. The molecule has 0 aromatic heterocycles. The van der Waals surface area contributed by atoms with Gasteiger partial charge in [0.2, 0.25) is 0 Å². The highest BCUT2D eigenvalue weighted by molar-refractivity contribution is 7.88. The van der Waals surface area contributed by atoms with Gasteiger partial charge in [-0.05, 0) is 71.2 Å². The first-order valence-electron chi connectivity index (χ1n) is 14.1. The summed E-state index contributed by atoms with van der Waals surface area (Å²) in [5.74, 6) is -0.601. The minimum atomic E-state index is -5.90. The number of carbonyl (C=O) groups is 3. The topological polar surface area (TPSA) is 147 Å². The van der Waals surface area contributed by atoms with Crippen LogP contribution in [-0.4, -0.2) is 73.2 Å². The van der Waals surface area contributed by atoms with E-state index in [1.807, 2.05) is 6.07 Å². The third-order valence-electron chi connectivity index (χ3n) is 6.17. The van der Waals surface area contributed by atoms with Crippen LogP contribution in [0.15, 0.2) is 54.6 Å². The molecule has 1 N–H and O–H groups in total. The Balaban J connectivity index is 1.92. The molecule has 2 amide bonds. The lowest BCUT2D eigenvalue weighted by Crippen LogP contribution is -2.46. The highest BCUT2D eigenvalue weighted by Crippen LogP contribution is 2.31. The molecule has 46 heavy (non-hydrogen) atoms. The molecule has 1 saturated heterocycles. The van der Waals surface area contributed by atoms with Crippen LogP contribution in [0.1, 0.15) is 52.7 Å². The Morgan fingerprint density at radius 1 is 0.848 bits per heavy atom. The number of hydrogen-bond acceptors (Lipinski definition) is 10. The van der Waals surface area contributed by atoms with Crippen LogP contribution in [0.3, 0.4) is 0 Å². The fourth-order valence-corrected chi connectivity index (χ4v) is 4.76. The summed E-state index contributed by atoms with van der Waals surface area (Å²) in [6.45, 7) is 9.63. The van der Waals surface area contributed by atoms with Crippen molar-refractivity contribution in [2.75, 3.05) is 6.54 Å². The molecule has 0 bridgehead atoms. The highest BCUT2D eigenvalue weighted by atomic mass is 32.2. The molecule has 16 heteroatoms. The van der Waals surface area contributed by atoms with Crippen molar-refractivity contribution < 1.29 is 59.1 Å². The number of rotatable bonds is 8. The van der Waals surface area contributed by atoms with Gasteiger partial charge in [-0.1, -0.05) is 42.5 Å². The molecule has 254 valence electrons. The molecule has 0 aliphatic carbocycles. The van der Waals surface area contributed by atoms with E-state index in [4.69, 9.17) is 18.9 Å². The van der Waals surface area contributed by atoms with Crippen LogP contribution in [0.5, 0.6) is 5.75 Å². The van der Waals surface area contributed by atoms with Gasteiger partial charge in [-0.2, -0.15) is 21.6 Å². The molecule has 1 fully saturated rings. The zero-order valence-electron chi connectivity index (χ0n) is 26.1. The lowest BCUT2D eigenvalue weighted by atomic mass is 10.0. The second-order valence-corrected chi connectivity index (χ2v) is 13.9. The Bertz CT molecular complexity index is 1470. The van der Waals surface area contributed by atoms with Crippen molar-refractivity contribution in [1.82, 2.24) is 10.2 Å². The van der Waals surface area contributed by atoms with Gasteiger partial charge in [0.1, 0.15) is 17.0 Å². The summed E-state index contributed by atoms with van der Waals surface area (Å²) in [5.41, 5.74) is -6.33. The average Bonchev–Trinajstić information content (AvgIpc) is 3.22. The van der Waals surface area contributed by atoms with Crippen molar-refractivity contribution in [1.29, 1.82) is 0 Å². The molecule has 2 aromatic carbocycles. The number of nitrogens with zero attached hydrogens (tertiary/aromatic N) is 1. The number of amides is 2. The average molecular weight is 675 g/mol. The van der Waals surface area contributed by atoms with Gasteiger partial charge in [0.25, 0.3) is 0 Å². The summed E-state index contributed by atoms with van der Waals surface area (Å²) < 4.78 is 87.4. The van der Waals surface area contributed by atoms with Crippen LogP contribution < -0.4 is 9.50 Å². The molecular formula is C30H37F3N2O10S. The number of alkyl halides is 3. The van der Waals surface area contributed by atoms with E-state index in [2.05, 4.69) is 9.50 Å². The molecule has 1 aliphatic heterocycles. The molecule has 2 aromatic rings. The molecule has 1 aliphatic rings. The SMILES string of the molecule is CC(C)(C)OC(=O)O[C@H]1CN(C(=O)OC(C)(C)C)[C@H](Cc2ccc(OS(=O)(=O)C(F)(F)F)cc2)[C@@H]1OC(=O)NCc1ccccc1. The lowest BCUT2D eigenvalue weighted by Gasteiger charge is -2.30. The molecule has 3 rings (SSSR count). The third-order valence-corrected chi connectivity index (χ3v) is 7.15. The number of ether oxygens (including phenoxy) is 4. The quantitative estimate of drug-likeness (QED) is 0.160. The predicted molar refractivity (Wildman–Crippen MR) is 157 cm³/mol. The van der Waals surface area contributed by atoms with Crippen LogP contribution in [0, 0.1) is 0 Å². The molecule has 0 spiro atoms. The van der Waals surface area contributed by atoms with Crippen LogP contribution in [-0.2, 0) is 42.0 Å². The maximum atomic E-state index is 13.4. The molecule has 3 atom stereocenters. The number of hydrogen-bond donors (Lipinski definition) is 1. The van der Waals surface area contributed by atoms with Crippen molar-refractivity contribution in [3.8, 4) is 5.75 Å². The van der Waals surface area contributed by atoms with Crippen molar-refractivity contribution in [2.45, 2.75) is 89.5 Å². The summed E-state index contributed by atoms with van der Waals surface area (Å²) in [7, 11) is -5.90. The highest BCUT2D eigenvalue weighted by Gasteiger charge is 2.51. The van der Waals surface area contributed by atoms with Crippen molar-refractivity contribution in [3.63, 3.8) is 0 Å². The molecule has 0 unspecified atom stereocenters.